The van der Waals surface area contributed by atoms with Gasteiger partial charge >= 0.3 is 5.97 Å². The lowest BCUT2D eigenvalue weighted by Gasteiger charge is -2.26. The minimum atomic E-state index is -2.05. The van der Waals surface area contributed by atoms with Gasteiger partial charge in [-0.05, 0) is 41.3 Å². The largest absolute Gasteiger partial charge is 0.479 e. The number of benzene rings is 2. The summed E-state index contributed by atoms with van der Waals surface area (Å²) in [6.07, 6.45) is -3.66. The maximum absolute atomic E-state index is 11.8. The number of hydrogen-bond donors (Lipinski definition) is 4. The Labute approximate surface area is 177 Å². The zero-order valence-corrected chi connectivity index (χ0v) is 17.0. The van der Waals surface area contributed by atoms with Gasteiger partial charge < -0.3 is 25.4 Å². The van der Waals surface area contributed by atoms with Crippen LogP contribution in [0.2, 0.25) is 10.0 Å². The van der Waals surface area contributed by atoms with Gasteiger partial charge in [0.25, 0.3) is 0 Å². The second kappa shape index (κ2) is 10.6. The van der Waals surface area contributed by atoms with Gasteiger partial charge in [0.2, 0.25) is 5.91 Å². The molecule has 7 nitrogen and oxygen atoms in total. The Morgan fingerprint density at radius 3 is 2.14 bits per heavy atom. The summed E-state index contributed by atoms with van der Waals surface area (Å²) in [6, 6.07) is 11.3. The van der Waals surface area contributed by atoms with Crippen LogP contribution < -0.4 is 5.32 Å². The van der Waals surface area contributed by atoms with Crippen LogP contribution in [0.1, 0.15) is 5.56 Å². The van der Waals surface area contributed by atoms with Gasteiger partial charge in [0, 0.05) is 17.2 Å². The molecule has 2 rings (SSSR count). The predicted octanol–water partition coefficient (Wildman–Crippen LogP) is 2.14. The third-order valence-corrected chi connectivity index (χ3v) is 4.65. The van der Waals surface area contributed by atoms with Crippen LogP contribution in [-0.2, 0) is 20.7 Å². The molecule has 0 spiro atoms. The third kappa shape index (κ3) is 6.69. The molecule has 0 unspecified atom stereocenters. The van der Waals surface area contributed by atoms with Crippen molar-refractivity contribution in [1.82, 2.24) is 5.32 Å². The van der Waals surface area contributed by atoms with Gasteiger partial charge in [0.05, 0.1) is 6.04 Å². The number of ether oxygens (including phenoxy) is 1. The van der Waals surface area contributed by atoms with Crippen molar-refractivity contribution in [2.45, 2.75) is 24.7 Å². The van der Waals surface area contributed by atoms with Crippen LogP contribution in [0, 0.1) is 0 Å². The summed E-state index contributed by atoms with van der Waals surface area (Å²) in [7, 11) is 1.33. The summed E-state index contributed by atoms with van der Waals surface area (Å²) in [5.74, 6) is -2.13. The second-order valence-corrected chi connectivity index (χ2v) is 7.31. The molecule has 0 aliphatic carbocycles. The van der Waals surface area contributed by atoms with Crippen molar-refractivity contribution in [3.8, 4) is 11.1 Å². The maximum Gasteiger partial charge on any atom is 0.335 e. The zero-order chi connectivity index (χ0) is 21.6. The lowest BCUT2D eigenvalue weighted by atomic mass is 9.96. The average molecular weight is 442 g/mol. The van der Waals surface area contributed by atoms with Crippen molar-refractivity contribution in [2.24, 2.45) is 0 Å². The number of carbonyl (C=O) groups excluding carboxylic acids is 1. The van der Waals surface area contributed by atoms with E-state index in [-0.39, 0.29) is 13.0 Å². The number of carboxylic acids is 1. The monoisotopic (exact) mass is 441 g/mol. The predicted molar refractivity (Wildman–Crippen MR) is 109 cm³/mol. The van der Waals surface area contributed by atoms with E-state index in [2.05, 4.69) is 5.32 Å². The quantitative estimate of drug-likeness (QED) is 0.473. The molecule has 0 aromatic heterocycles. The zero-order valence-electron chi connectivity index (χ0n) is 15.5. The molecule has 4 N–H and O–H groups in total. The van der Waals surface area contributed by atoms with E-state index in [1.807, 2.05) is 12.1 Å². The number of aliphatic carboxylic acids is 1. The summed E-state index contributed by atoms with van der Waals surface area (Å²) in [5.41, 5.74) is 2.38. The van der Waals surface area contributed by atoms with E-state index >= 15 is 0 Å². The minimum absolute atomic E-state index is 0.0948. The Balaban J connectivity index is 2.20. The van der Waals surface area contributed by atoms with Crippen LogP contribution in [0.25, 0.3) is 11.1 Å². The first-order valence-electron chi connectivity index (χ1n) is 8.64. The van der Waals surface area contributed by atoms with Crippen LogP contribution in [0.5, 0.6) is 0 Å². The molecule has 0 aliphatic rings. The lowest BCUT2D eigenvalue weighted by Crippen LogP contribution is -2.52. The topological polar surface area (TPSA) is 116 Å². The molecule has 0 fully saturated rings. The van der Waals surface area contributed by atoms with Gasteiger partial charge in [-0.15, -0.1) is 0 Å². The molecule has 0 radical (unpaired) electrons. The van der Waals surface area contributed by atoms with Crippen LogP contribution in [0.15, 0.2) is 42.5 Å². The van der Waals surface area contributed by atoms with Crippen molar-refractivity contribution < 1.29 is 29.6 Å². The molecule has 0 aliphatic heterocycles. The maximum atomic E-state index is 11.8. The van der Waals surface area contributed by atoms with Gasteiger partial charge in [-0.3, -0.25) is 4.79 Å². The standard InChI is InChI=1S/C20H21Cl2NO6/c1-29-10-17(24)23-16(18(25)19(26)20(27)28)6-11-2-4-12(5-3-11)13-7-14(21)9-15(22)8-13/h2-5,7-9,16,18-19,25-26H,6,10H2,1H3,(H,23,24)(H,27,28)/t16-,18+,19+/m0/s1. The fourth-order valence-corrected chi connectivity index (χ4v) is 3.34. The molecule has 0 heterocycles. The number of methoxy groups -OCH3 is 1. The summed E-state index contributed by atoms with van der Waals surface area (Å²) in [4.78, 5) is 22.8. The SMILES string of the molecule is COCC(=O)N[C@@H](Cc1ccc(-c2cc(Cl)cc(Cl)c2)cc1)[C@@H](O)[C@@H](O)C(=O)O. The molecule has 2 aromatic rings. The van der Waals surface area contributed by atoms with Crippen LogP contribution in [-0.4, -0.2) is 59.2 Å². The number of nitrogens with one attached hydrogen (secondary N) is 1. The van der Waals surface area contributed by atoms with Crippen molar-refractivity contribution in [3.63, 3.8) is 0 Å². The summed E-state index contributed by atoms with van der Waals surface area (Å²) in [6.45, 7) is -0.263. The fourth-order valence-electron chi connectivity index (χ4n) is 2.81. The highest BCUT2D eigenvalue weighted by atomic mass is 35.5. The number of halogens is 2. The normalized spacial score (nSPS) is 14.1. The number of carboxylic acid groups (broad SMARTS) is 1. The Morgan fingerprint density at radius 2 is 1.62 bits per heavy atom. The highest BCUT2D eigenvalue weighted by Crippen LogP contribution is 2.27. The van der Waals surface area contributed by atoms with E-state index in [0.29, 0.717) is 15.6 Å². The van der Waals surface area contributed by atoms with Crippen molar-refractivity contribution in [2.75, 3.05) is 13.7 Å². The number of aliphatic hydroxyl groups is 2. The molecule has 0 saturated carbocycles. The molecule has 0 bridgehead atoms. The number of hydrogen-bond acceptors (Lipinski definition) is 5. The van der Waals surface area contributed by atoms with Crippen LogP contribution >= 0.6 is 23.2 Å². The van der Waals surface area contributed by atoms with Crippen molar-refractivity contribution in [3.05, 3.63) is 58.1 Å². The van der Waals surface area contributed by atoms with Crippen LogP contribution in [0.3, 0.4) is 0 Å². The molecular formula is C20H21Cl2NO6. The van der Waals surface area contributed by atoms with Crippen molar-refractivity contribution >= 4 is 35.1 Å². The Hall–Kier alpha value is -2.16. The molecule has 9 heteroatoms. The summed E-state index contributed by atoms with van der Waals surface area (Å²) in [5, 5.41) is 32.3. The van der Waals surface area contributed by atoms with Crippen molar-refractivity contribution in [1.29, 1.82) is 0 Å². The first-order valence-corrected chi connectivity index (χ1v) is 9.39. The average Bonchev–Trinajstić information content (AvgIpc) is 2.66. The fraction of sp³-hybridized carbons (Fsp3) is 0.300. The van der Waals surface area contributed by atoms with Gasteiger partial charge in [0.1, 0.15) is 12.7 Å². The van der Waals surface area contributed by atoms with E-state index < -0.39 is 30.1 Å². The second-order valence-electron chi connectivity index (χ2n) is 6.44. The summed E-state index contributed by atoms with van der Waals surface area (Å²) >= 11 is 12.1. The number of rotatable bonds is 9. The number of amides is 1. The summed E-state index contributed by atoms with van der Waals surface area (Å²) < 4.78 is 4.73. The molecule has 0 saturated heterocycles. The highest BCUT2D eigenvalue weighted by molar-refractivity contribution is 6.35. The van der Waals surface area contributed by atoms with Gasteiger partial charge in [0.15, 0.2) is 6.10 Å². The van der Waals surface area contributed by atoms with Gasteiger partial charge in [-0.1, -0.05) is 47.5 Å². The number of carbonyl (C=O) groups is 2. The van der Waals surface area contributed by atoms with Crippen LogP contribution in [0.4, 0.5) is 0 Å². The molecule has 2 aromatic carbocycles. The Bertz CT molecular complexity index is 838. The van der Waals surface area contributed by atoms with E-state index in [4.69, 9.17) is 33.0 Å². The van der Waals surface area contributed by atoms with Gasteiger partial charge in [-0.2, -0.15) is 0 Å². The first-order chi connectivity index (χ1) is 13.7. The molecule has 156 valence electrons. The van der Waals surface area contributed by atoms with E-state index in [1.54, 1.807) is 30.3 Å². The first kappa shape index (κ1) is 23.1. The molecule has 3 atom stereocenters. The van der Waals surface area contributed by atoms with E-state index in [1.165, 1.54) is 7.11 Å². The molecule has 29 heavy (non-hydrogen) atoms. The lowest BCUT2D eigenvalue weighted by molar-refractivity contribution is -0.154. The Kier molecular flexibility index (Phi) is 8.43. The smallest absolute Gasteiger partial charge is 0.335 e. The van der Waals surface area contributed by atoms with Gasteiger partial charge in [-0.25, -0.2) is 4.79 Å². The van der Waals surface area contributed by atoms with E-state index in [0.717, 1.165) is 11.1 Å². The number of aliphatic hydroxyl groups excluding tert-OH is 2. The Morgan fingerprint density at radius 1 is 1.03 bits per heavy atom. The third-order valence-electron chi connectivity index (χ3n) is 4.22. The minimum Gasteiger partial charge on any atom is -0.479 e. The highest BCUT2D eigenvalue weighted by Gasteiger charge is 2.32. The van der Waals surface area contributed by atoms with E-state index in [9.17, 15) is 19.8 Å². The molecular weight excluding hydrogens is 421 g/mol. The molecule has 1 amide bonds.